The second kappa shape index (κ2) is 12.4. The van der Waals surface area contributed by atoms with Crippen LogP contribution in [-0.2, 0) is 9.53 Å². The summed E-state index contributed by atoms with van der Waals surface area (Å²) in [7, 11) is 3.30. The smallest absolute Gasteiger partial charge is 0.257 e. The van der Waals surface area contributed by atoms with Crippen molar-refractivity contribution in [2.24, 2.45) is 0 Å². The average molecular weight is 558 g/mol. The third-order valence-electron chi connectivity index (χ3n) is 7.69. The number of benzene rings is 3. The minimum absolute atomic E-state index is 0.0742. The zero-order valence-corrected chi connectivity index (χ0v) is 23.5. The summed E-state index contributed by atoms with van der Waals surface area (Å²) in [6, 6.07) is 21.4. The molecule has 4 atom stereocenters. The van der Waals surface area contributed by atoms with Gasteiger partial charge in [0.2, 0.25) is 5.91 Å². The normalized spacial score (nSPS) is 20.8. The minimum atomic E-state index is -0.373. The molecule has 9 heteroatoms. The Balaban J connectivity index is 1.23. The highest BCUT2D eigenvalue weighted by Gasteiger charge is 2.39. The molecule has 3 aromatic rings. The molecule has 0 saturated carbocycles. The summed E-state index contributed by atoms with van der Waals surface area (Å²) in [5, 5.41) is 5.90. The number of nitrogens with zero attached hydrogens (tertiary/aromatic N) is 1. The molecular formula is C32H35N3O6. The van der Waals surface area contributed by atoms with E-state index in [-0.39, 0.29) is 55.0 Å². The van der Waals surface area contributed by atoms with Gasteiger partial charge >= 0.3 is 0 Å². The number of hydrogen-bond acceptors (Lipinski definition) is 6. The molecule has 0 aliphatic carbocycles. The predicted molar refractivity (Wildman–Crippen MR) is 154 cm³/mol. The van der Waals surface area contributed by atoms with Crippen molar-refractivity contribution >= 4 is 23.4 Å². The number of nitrogens with one attached hydrogen (secondary N) is 2. The fourth-order valence-corrected chi connectivity index (χ4v) is 5.41. The number of ether oxygens (including phenoxy) is 3. The van der Waals surface area contributed by atoms with Crippen LogP contribution in [0.2, 0.25) is 0 Å². The van der Waals surface area contributed by atoms with E-state index in [1.54, 1.807) is 61.5 Å². The first-order valence-corrected chi connectivity index (χ1v) is 13.8. The van der Waals surface area contributed by atoms with Crippen LogP contribution >= 0.6 is 0 Å². The van der Waals surface area contributed by atoms with Gasteiger partial charge in [0.25, 0.3) is 11.8 Å². The van der Waals surface area contributed by atoms with Crippen LogP contribution in [0.5, 0.6) is 11.5 Å². The number of carbonyl (C=O) groups excluding carboxylic acids is 3. The number of amides is 3. The van der Waals surface area contributed by atoms with Crippen molar-refractivity contribution in [3.8, 4) is 11.5 Å². The van der Waals surface area contributed by atoms with Crippen LogP contribution in [0, 0.1) is 0 Å². The molecule has 3 aromatic carbocycles. The highest BCUT2D eigenvalue weighted by Crippen LogP contribution is 2.33. The lowest BCUT2D eigenvalue weighted by molar-refractivity contribution is -0.134. The molecule has 214 valence electrons. The summed E-state index contributed by atoms with van der Waals surface area (Å²) in [5.41, 5.74) is 2.33. The van der Waals surface area contributed by atoms with Gasteiger partial charge in [0, 0.05) is 18.3 Å². The van der Waals surface area contributed by atoms with Crippen molar-refractivity contribution < 1.29 is 28.6 Å². The predicted octanol–water partition coefficient (Wildman–Crippen LogP) is 4.60. The molecule has 5 rings (SSSR count). The molecule has 0 radical (unpaired) electrons. The highest BCUT2D eigenvalue weighted by atomic mass is 16.5. The van der Waals surface area contributed by atoms with E-state index in [0.29, 0.717) is 41.2 Å². The molecule has 2 aliphatic heterocycles. The third kappa shape index (κ3) is 6.52. The van der Waals surface area contributed by atoms with E-state index in [1.807, 2.05) is 37.3 Å². The molecule has 1 fully saturated rings. The van der Waals surface area contributed by atoms with Gasteiger partial charge in [0.15, 0.2) is 0 Å². The van der Waals surface area contributed by atoms with Gasteiger partial charge in [-0.15, -0.1) is 0 Å². The third-order valence-corrected chi connectivity index (χ3v) is 7.69. The molecule has 1 saturated heterocycles. The Labute approximate surface area is 239 Å². The lowest BCUT2D eigenvalue weighted by Crippen LogP contribution is -2.54. The molecule has 0 aromatic heterocycles. The summed E-state index contributed by atoms with van der Waals surface area (Å²) < 4.78 is 17.6. The van der Waals surface area contributed by atoms with Crippen molar-refractivity contribution in [3.05, 3.63) is 89.5 Å². The molecule has 3 amide bonds. The summed E-state index contributed by atoms with van der Waals surface area (Å²) in [6.45, 7) is 2.20. The second-order valence-electron chi connectivity index (χ2n) is 10.5. The largest absolute Gasteiger partial charge is 0.497 e. The molecule has 2 heterocycles. The maximum Gasteiger partial charge on any atom is 0.257 e. The highest BCUT2D eigenvalue weighted by molar-refractivity contribution is 6.05. The first kappa shape index (κ1) is 28.2. The van der Waals surface area contributed by atoms with E-state index in [9.17, 15) is 14.4 Å². The maximum absolute atomic E-state index is 13.5. The zero-order valence-electron chi connectivity index (χ0n) is 23.5. The Morgan fingerprint density at radius 3 is 2.63 bits per heavy atom. The summed E-state index contributed by atoms with van der Waals surface area (Å²) in [6.07, 6.45) is 0.937. The quantitative estimate of drug-likeness (QED) is 0.440. The van der Waals surface area contributed by atoms with Gasteiger partial charge in [-0.25, -0.2) is 0 Å². The summed E-state index contributed by atoms with van der Waals surface area (Å²) in [5.74, 6) is 0.388. The number of carbonyl (C=O) groups is 3. The van der Waals surface area contributed by atoms with Gasteiger partial charge in [0.1, 0.15) is 24.2 Å². The van der Waals surface area contributed by atoms with Gasteiger partial charge in [-0.3, -0.25) is 14.4 Å². The van der Waals surface area contributed by atoms with E-state index >= 15 is 0 Å². The van der Waals surface area contributed by atoms with Crippen LogP contribution in [0.15, 0.2) is 72.8 Å². The van der Waals surface area contributed by atoms with Crippen LogP contribution in [0.1, 0.15) is 58.5 Å². The first-order valence-electron chi connectivity index (χ1n) is 13.8. The molecule has 41 heavy (non-hydrogen) atoms. The molecule has 2 aliphatic rings. The molecule has 0 unspecified atom stereocenters. The molecule has 0 spiro atoms. The fourth-order valence-electron chi connectivity index (χ4n) is 5.41. The van der Waals surface area contributed by atoms with Gasteiger partial charge in [-0.2, -0.15) is 0 Å². The van der Waals surface area contributed by atoms with Crippen molar-refractivity contribution in [1.82, 2.24) is 10.2 Å². The summed E-state index contributed by atoms with van der Waals surface area (Å²) in [4.78, 5) is 40.8. The van der Waals surface area contributed by atoms with Gasteiger partial charge in [-0.05, 0) is 61.7 Å². The number of hydrogen-bond donors (Lipinski definition) is 2. The van der Waals surface area contributed by atoms with Crippen LogP contribution in [0.4, 0.5) is 5.69 Å². The Hall–Kier alpha value is -4.37. The molecule has 0 bridgehead atoms. The standard InChI is InChI=1S/C32H35N3O6/c1-20(21-8-5-4-6-9-21)33-30(36)18-25-13-14-27-29(41-25)19-40-28-15-12-23(17-26(28)32(38)35(27)2)34-31(37)22-10-7-11-24(16-22)39-3/h4-12,15-17,20,25,27,29H,13-14,18-19H2,1-3H3,(H,33,36)(H,34,37)/t20-,25-,27-,29+/m1/s1. The lowest BCUT2D eigenvalue weighted by atomic mass is 9.94. The van der Waals surface area contributed by atoms with Crippen molar-refractivity contribution in [2.75, 3.05) is 26.1 Å². The van der Waals surface area contributed by atoms with E-state index in [2.05, 4.69) is 10.6 Å². The van der Waals surface area contributed by atoms with E-state index in [0.717, 1.165) is 5.56 Å². The molecule has 9 nitrogen and oxygen atoms in total. The van der Waals surface area contributed by atoms with Gasteiger partial charge < -0.3 is 29.7 Å². The lowest BCUT2D eigenvalue weighted by Gasteiger charge is -2.42. The topological polar surface area (TPSA) is 106 Å². The van der Waals surface area contributed by atoms with Crippen molar-refractivity contribution in [3.63, 3.8) is 0 Å². The van der Waals surface area contributed by atoms with Crippen LogP contribution in [0.3, 0.4) is 0 Å². The monoisotopic (exact) mass is 557 g/mol. The second-order valence-corrected chi connectivity index (χ2v) is 10.5. The number of fused-ring (bicyclic) bond motifs is 2. The van der Waals surface area contributed by atoms with Crippen molar-refractivity contribution in [1.29, 1.82) is 0 Å². The SMILES string of the molecule is COc1cccc(C(=O)Nc2ccc3c(c2)C(=O)N(C)[C@@H]2CC[C@H](CC(=O)N[C@H](C)c4ccccc4)O[C@H]2CO3)c1. The Morgan fingerprint density at radius 1 is 1.05 bits per heavy atom. The maximum atomic E-state index is 13.5. The summed E-state index contributed by atoms with van der Waals surface area (Å²) >= 11 is 0. The van der Waals surface area contributed by atoms with Crippen LogP contribution in [-0.4, -0.2) is 61.6 Å². The Bertz CT molecular complexity index is 1410. The number of methoxy groups -OCH3 is 1. The number of likely N-dealkylation sites (N-methyl/N-ethyl adjacent to an activating group) is 1. The Morgan fingerprint density at radius 2 is 1.85 bits per heavy atom. The Kier molecular flexibility index (Phi) is 8.54. The van der Waals surface area contributed by atoms with Gasteiger partial charge in [0.05, 0.1) is 37.3 Å². The first-order chi connectivity index (χ1) is 19.8. The number of anilines is 1. The van der Waals surface area contributed by atoms with Crippen molar-refractivity contribution in [2.45, 2.75) is 50.5 Å². The van der Waals surface area contributed by atoms with Crippen LogP contribution < -0.4 is 20.1 Å². The van der Waals surface area contributed by atoms with E-state index < -0.39 is 0 Å². The molecule has 2 N–H and O–H groups in total. The number of rotatable bonds is 7. The van der Waals surface area contributed by atoms with E-state index in [1.165, 1.54) is 0 Å². The molecular weight excluding hydrogens is 522 g/mol. The van der Waals surface area contributed by atoms with Gasteiger partial charge in [-0.1, -0.05) is 36.4 Å². The fraction of sp³-hybridized carbons (Fsp3) is 0.344. The zero-order chi connectivity index (χ0) is 28.9. The average Bonchev–Trinajstić information content (AvgIpc) is 2.99. The van der Waals surface area contributed by atoms with E-state index in [4.69, 9.17) is 14.2 Å². The minimum Gasteiger partial charge on any atom is -0.497 e. The van der Waals surface area contributed by atoms with Crippen LogP contribution in [0.25, 0.3) is 0 Å².